The summed E-state index contributed by atoms with van der Waals surface area (Å²) in [6, 6.07) is 2.56. The first kappa shape index (κ1) is 10.1. The lowest BCUT2D eigenvalue weighted by atomic mass is 10.1. The standard InChI is InChI=1S/C8H7BrFNO2/c9-6-3-4(10)1-2-5(6)7(11)8(12)13/h1-3,7H,11H2,(H,12,13)/t7-/m0/s1. The third-order valence-electron chi connectivity index (χ3n) is 1.56. The molecule has 1 rings (SSSR count). The van der Waals surface area contributed by atoms with Crippen molar-refractivity contribution < 1.29 is 14.3 Å². The van der Waals surface area contributed by atoms with E-state index in [-0.39, 0.29) is 0 Å². The van der Waals surface area contributed by atoms with Crippen LogP contribution in [0.2, 0.25) is 0 Å². The molecule has 0 unspecified atom stereocenters. The van der Waals surface area contributed by atoms with E-state index in [9.17, 15) is 9.18 Å². The number of nitrogens with two attached hydrogens (primary N) is 1. The summed E-state index contributed by atoms with van der Waals surface area (Å²) in [5, 5.41) is 8.59. The van der Waals surface area contributed by atoms with Crippen LogP contribution >= 0.6 is 15.9 Å². The molecule has 0 aromatic heterocycles. The molecule has 1 aromatic rings. The normalized spacial score (nSPS) is 12.5. The predicted molar refractivity (Wildman–Crippen MR) is 48.7 cm³/mol. The maximum Gasteiger partial charge on any atom is 0.325 e. The summed E-state index contributed by atoms with van der Waals surface area (Å²) < 4.78 is 13.0. The van der Waals surface area contributed by atoms with E-state index >= 15 is 0 Å². The van der Waals surface area contributed by atoms with Gasteiger partial charge in [0.2, 0.25) is 0 Å². The van der Waals surface area contributed by atoms with Crippen molar-refractivity contribution in [3.05, 3.63) is 34.1 Å². The second-order valence-electron chi connectivity index (χ2n) is 2.48. The predicted octanol–water partition coefficient (Wildman–Crippen LogP) is 1.67. The van der Waals surface area contributed by atoms with E-state index in [0.29, 0.717) is 10.0 Å². The van der Waals surface area contributed by atoms with Gasteiger partial charge in [0.1, 0.15) is 11.9 Å². The van der Waals surface area contributed by atoms with E-state index in [1.807, 2.05) is 0 Å². The Balaban J connectivity index is 3.08. The summed E-state index contributed by atoms with van der Waals surface area (Å²) >= 11 is 3.03. The zero-order valence-electron chi connectivity index (χ0n) is 6.50. The minimum absolute atomic E-state index is 0.355. The van der Waals surface area contributed by atoms with Crippen LogP contribution in [0.5, 0.6) is 0 Å². The molecule has 70 valence electrons. The molecule has 0 spiro atoms. The quantitative estimate of drug-likeness (QED) is 0.836. The zero-order chi connectivity index (χ0) is 10.0. The zero-order valence-corrected chi connectivity index (χ0v) is 8.08. The molecule has 0 aliphatic carbocycles. The summed E-state index contributed by atoms with van der Waals surface area (Å²) in [7, 11) is 0. The van der Waals surface area contributed by atoms with Gasteiger partial charge in [0.25, 0.3) is 0 Å². The monoisotopic (exact) mass is 247 g/mol. The van der Waals surface area contributed by atoms with E-state index in [2.05, 4.69) is 15.9 Å². The second-order valence-corrected chi connectivity index (χ2v) is 3.34. The van der Waals surface area contributed by atoms with Crippen molar-refractivity contribution in [1.82, 2.24) is 0 Å². The lowest BCUT2D eigenvalue weighted by Gasteiger charge is -2.08. The average molecular weight is 248 g/mol. The van der Waals surface area contributed by atoms with Crippen LogP contribution in [-0.4, -0.2) is 11.1 Å². The molecule has 0 amide bonds. The van der Waals surface area contributed by atoms with Gasteiger partial charge in [-0.2, -0.15) is 0 Å². The van der Waals surface area contributed by atoms with E-state index < -0.39 is 17.8 Å². The Labute approximate surface area is 82.5 Å². The highest BCUT2D eigenvalue weighted by molar-refractivity contribution is 9.10. The van der Waals surface area contributed by atoms with Crippen molar-refractivity contribution in [2.24, 2.45) is 5.73 Å². The molecule has 0 aliphatic heterocycles. The molecule has 13 heavy (non-hydrogen) atoms. The van der Waals surface area contributed by atoms with Crippen molar-refractivity contribution >= 4 is 21.9 Å². The fourth-order valence-corrected chi connectivity index (χ4v) is 1.48. The third-order valence-corrected chi connectivity index (χ3v) is 2.25. The molecule has 0 saturated carbocycles. The molecule has 1 aromatic carbocycles. The minimum atomic E-state index is -1.15. The summed E-state index contributed by atoms with van der Waals surface area (Å²) in [5.74, 6) is -1.58. The maximum absolute atomic E-state index is 12.6. The van der Waals surface area contributed by atoms with Crippen LogP contribution in [0.15, 0.2) is 22.7 Å². The van der Waals surface area contributed by atoms with Gasteiger partial charge in [0.05, 0.1) is 0 Å². The van der Waals surface area contributed by atoms with E-state index in [1.54, 1.807) is 0 Å². The van der Waals surface area contributed by atoms with Gasteiger partial charge in [-0.1, -0.05) is 22.0 Å². The Morgan fingerprint density at radius 3 is 2.69 bits per heavy atom. The van der Waals surface area contributed by atoms with Gasteiger partial charge in [-0.3, -0.25) is 4.79 Å². The number of halogens is 2. The first-order chi connectivity index (χ1) is 6.02. The van der Waals surface area contributed by atoms with Gasteiger partial charge >= 0.3 is 5.97 Å². The molecule has 1 atom stereocenters. The number of hydrogen-bond donors (Lipinski definition) is 2. The van der Waals surface area contributed by atoms with Crippen LogP contribution in [-0.2, 0) is 4.79 Å². The van der Waals surface area contributed by atoms with Gasteiger partial charge in [-0.15, -0.1) is 0 Å². The van der Waals surface area contributed by atoms with Gasteiger partial charge in [0.15, 0.2) is 0 Å². The maximum atomic E-state index is 12.6. The highest BCUT2D eigenvalue weighted by Crippen LogP contribution is 2.22. The largest absolute Gasteiger partial charge is 0.480 e. The molecule has 0 fully saturated rings. The first-order valence-corrected chi connectivity index (χ1v) is 4.25. The molecule has 0 aliphatic rings. The smallest absolute Gasteiger partial charge is 0.325 e. The molecule has 0 heterocycles. The molecule has 5 heteroatoms. The summed E-state index contributed by atoms with van der Waals surface area (Å²) in [6.45, 7) is 0. The van der Waals surface area contributed by atoms with E-state index in [4.69, 9.17) is 10.8 Å². The fraction of sp³-hybridized carbons (Fsp3) is 0.125. The number of carbonyl (C=O) groups is 1. The molecular weight excluding hydrogens is 241 g/mol. The third kappa shape index (κ3) is 2.26. The van der Waals surface area contributed by atoms with Crippen molar-refractivity contribution in [3.8, 4) is 0 Å². The SMILES string of the molecule is N[C@H](C(=O)O)c1ccc(F)cc1Br. The Kier molecular flexibility index (Phi) is 3.00. The fourth-order valence-electron chi connectivity index (χ4n) is 0.887. The van der Waals surface area contributed by atoms with Crippen LogP contribution in [0.3, 0.4) is 0 Å². The van der Waals surface area contributed by atoms with Crippen molar-refractivity contribution in [3.63, 3.8) is 0 Å². The summed E-state index contributed by atoms with van der Waals surface area (Å²) in [4.78, 5) is 10.5. The molecule has 0 bridgehead atoms. The molecule has 0 saturated heterocycles. The highest BCUT2D eigenvalue weighted by Gasteiger charge is 2.16. The van der Waals surface area contributed by atoms with Crippen LogP contribution < -0.4 is 5.73 Å². The Hall–Kier alpha value is -0.940. The van der Waals surface area contributed by atoms with E-state index in [0.717, 1.165) is 0 Å². The van der Waals surface area contributed by atoms with Crippen LogP contribution in [0.25, 0.3) is 0 Å². The number of aliphatic carboxylic acids is 1. The second kappa shape index (κ2) is 3.85. The highest BCUT2D eigenvalue weighted by atomic mass is 79.9. The van der Waals surface area contributed by atoms with Crippen molar-refractivity contribution in [1.29, 1.82) is 0 Å². The van der Waals surface area contributed by atoms with Crippen molar-refractivity contribution in [2.75, 3.05) is 0 Å². The van der Waals surface area contributed by atoms with E-state index in [1.165, 1.54) is 18.2 Å². The number of carboxylic acid groups (broad SMARTS) is 1. The Morgan fingerprint density at radius 2 is 2.23 bits per heavy atom. The molecule has 3 N–H and O–H groups in total. The molecular formula is C8H7BrFNO2. The Morgan fingerprint density at radius 1 is 1.62 bits per heavy atom. The lowest BCUT2D eigenvalue weighted by Crippen LogP contribution is -2.21. The first-order valence-electron chi connectivity index (χ1n) is 3.45. The molecule has 0 radical (unpaired) electrons. The average Bonchev–Trinajstić information content (AvgIpc) is 2.03. The van der Waals surface area contributed by atoms with Crippen LogP contribution in [0, 0.1) is 5.82 Å². The Bertz CT molecular complexity index is 343. The lowest BCUT2D eigenvalue weighted by molar-refractivity contribution is -0.138. The topological polar surface area (TPSA) is 63.3 Å². The van der Waals surface area contributed by atoms with Gasteiger partial charge in [-0.25, -0.2) is 4.39 Å². The van der Waals surface area contributed by atoms with Gasteiger partial charge < -0.3 is 10.8 Å². The molecule has 3 nitrogen and oxygen atoms in total. The minimum Gasteiger partial charge on any atom is -0.480 e. The van der Waals surface area contributed by atoms with Gasteiger partial charge in [-0.05, 0) is 17.7 Å². The summed E-state index contributed by atoms with van der Waals surface area (Å²) in [6.07, 6.45) is 0. The number of carboxylic acids is 1. The summed E-state index contributed by atoms with van der Waals surface area (Å²) in [5.41, 5.74) is 5.69. The van der Waals surface area contributed by atoms with Crippen LogP contribution in [0.4, 0.5) is 4.39 Å². The number of hydrogen-bond acceptors (Lipinski definition) is 2. The number of rotatable bonds is 2. The number of benzene rings is 1. The van der Waals surface area contributed by atoms with Crippen molar-refractivity contribution in [2.45, 2.75) is 6.04 Å². The van der Waals surface area contributed by atoms with Crippen LogP contribution in [0.1, 0.15) is 11.6 Å². The van der Waals surface area contributed by atoms with Gasteiger partial charge in [0, 0.05) is 4.47 Å².